The van der Waals surface area contributed by atoms with Crippen LogP contribution in [0.1, 0.15) is 39.8 Å². The fourth-order valence-corrected chi connectivity index (χ4v) is 4.42. The van der Waals surface area contributed by atoms with Gasteiger partial charge in [0.1, 0.15) is 17.4 Å². The Kier molecular flexibility index (Phi) is 5.17. The molecule has 7 nitrogen and oxygen atoms in total. The molecule has 5 rings (SSSR count). The van der Waals surface area contributed by atoms with Crippen LogP contribution in [-0.4, -0.2) is 20.5 Å². The molecule has 0 bridgehead atoms. The van der Waals surface area contributed by atoms with Crippen molar-refractivity contribution in [2.45, 2.75) is 25.4 Å². The normalized spacial score (nSPS) is 13.3. The van der Waals surface area contributed by atoms with E-state index in [4.69, 9.17) is 16.3 Å². The lowest BCUT2D eigenvalue weighted by Gasteiger charge is -2.10. The number of fused-ring (bicyclic) bond motifs is 1. The molecule has 31 heavy (non-hydrogen) atoms. The van der Waals surface area contributed by atoms with Gasteiger partial charge in [-0.25, -0.2) is 4.98 Å². The first kappa shape index (κ1) is 19.7. The van der Waals surface area contributed by atoms with Crippen molar-refractivity contribution >= 4 is 39.5 Å². The zero-order chi connectivity index (χ0) is 21.4. The van der Waals surface area contributed by atoms with Gasteiger partial charge < -0.3 is 10.1 Å². The third-order valence-corrected chi connectivity index (χ3v) is 6.24. The lowest BCUT2D eigenvalue weighted by Crippen LogP contribution is -2.16. The smallest absolute Gasteiger partial charge is 0.275 e. The first-order valence-corrected chi connectivity index (χ1v) is 10.9. The molecule has 1 fully saturated rings. The summed E-state index contributed by atoms with van der Waals surface area (Å²) in [7, 11) is 0. The molecule has 156 valence electrons. The molecule has 1 amide bonds. The highest BCUT2D eigenvalue weighted by molar-refractivity contribution is 7.16. The minimum absolute atomic E-state index is 0.129. The van der Waals surface area contributed by atoms with E-state index in [1.165, 1.54) is 21.9 Å². The van der Waals surface area contributed by atoms with Crippen LogP contribution in [0, 0.1) is 0 Å². The van der Waals surface area contributed by atoms with Gasteiger partial charge in [-0.3, -0.25) is 9.59 Å². The molecule has 0 unspecified atom stereocenters. The Labute approximate surface area is 186 Å². The van der Waals surface area contributed by atoms with Crippen molar-refractivity contribution in [2.24, 2.45) is 0 Å². The van der Waals surface area contributed by atoms with Crippen LogP contribution >= 0.6 is 22.9 Å². The molecule has 4 aromatic rings. The van der Waals surface area contributed by atoms with Crippen LogP contribution in [0.2, 0.25) is 5.02 Å². The van der Waals surface area contributed by atoms with Gasteiger partial charge in [-0.05, 0) is 37.1 Å². The fraction of sp³-hybridized carbons (Fsp3) is 0.182. The molecule has 2 aromatic heterocycles. The van der Waals surface area contributed by atoms with E-state index < -0.39 is 0 Å². The van der Waals surface area contributed by atoms with Crippen LogP contribution in [-0.2, 0) is 6.61 Å². The molecular weight excluding hydrogens is 436 g/mol. The maximum atomic E-state index is 12.5. The first-order valence-electron chi connectivity index (χ1n) is 9.75. The second-order valence-electron chi connectivity index (χ2n) is 7.25. The van der Waals surface area contributed by atoms with E-state index in [9.17, 15) is 9.59 Å². The van der Waals surface area contributed by atoms with Gasteiger partial charge in [0.25, 0.3) is 11.5 Å². The first-order chi connectivity index (χ1) is 15.1. The summed E-state index contributed by atoms with van der Waals surface area (Å²) >= 11 is 7.54. The molecule has 1 saturated carbocycles. The van der Waals surface area contributed by atoms with E-state index >= 15 is 0 Å². The maximum Gasteiger partial charge on any atom is 0.275 e. The topological polar surface area (TPSA) is 85.6 Å². The zero-order valence-electron chi connectivity index (χ0n) is 16.2. The fourth-order valence-electron chi connectivity index (χ4n) is 3.10. The Morgan fingerprint density at radius 1 is 1.19 bits per heavy atom. The third-order valence-electron chi connectivity index (χ3n) is 4.84. The number of hydrogen-bond donors (Lipinski definition) is 1. The van der Waals surface area contributed by atoms with Crippen molar-refractivity contribution in [3.8, 4) is 5.75 Å². The summed E-state index contributed by atoms with van der Waals surface area (Å²) in [4.78, 5) is 29.9. The van der Waals surface area contributed by atoms with Crippen LogP contribution in [0.15, 0.2) is 59.4 Å². The summed E-state index contributed by atoms with van der Waals surface area (Å²) in [6.45, 7) is 0.129. The minimum Gasteiger partial charge on any atom is -0.487 e. The number of carbonyl (C=O) groups is 1. The number of halogens is 1. The van der Waals surface area contributed by atoms with Crippen molar-refractivity contribution in [1.82, 2.24) is 14.6 Å². The molecule has 0 aliphatic heterocycles. The number of hydrogen-bond acceptors (Lipinski definition) is 6. The molecule has 1 aliphatic carbocycles. The van der Waals surface area contributed by atoms with Crippen LogP contribution in [0.4, 0.5) is 5.69 Å². The highest BCUT2D eigenvalue weighted by Gasteiger charge is 2.28. The number of ether oxygens (including phenoxy) is 1. The molecule has 9 heteroatoms. The lowest BCUT2D eigenvalue weighted by atomic mass is 10.2. The summed E-state index contributed by atoms with van der Waals surface area (Å²) in [5.74, 6) is 0.705. The van der Waals surface area contributed by atoms with Gasteiger partial charge in [0.05, 0.1) is 16.3 Å². The van der Waals surface area contributed by atoms with Crippen molar-refractivity contribution in [3.05, 3.63) is 86.2 Å². The summed E-state index contributed by atoms with van der Waals surface area (Å²) in [5.41, 5.74) is 1.28. The second kappa shape index (κ2) is 8.13. The number of nitrogens with zero attached hydrogens (tertiary/aromatic N) is 3. The van der Waals surface area contributed by atoms with Gasteiger partial charge in [-0.2, -0.15) is 9.61 Å². The van der Waals surface area contributed by atoms with Crippen LogP contribution in [0.25, 0.3) is 4.96 Å². The summed E-state index contributed by atoms with van der Waals surface area (Å²) in [5, 5.41) is 8.53. The largest absolute Gasteiger partial charge is 0.487 e. The summed E-state index contributed by atoms with van der Waals surface area (Å²) < 4.78 is 7.16. The van der Waals surface area contributed by atoms with Gasteiger partial charge in [-0.1, -0.05) is 41.1 Å². The van der Waals surface area contributed by atoms with Crippen molar-refractivity contribution in [3.63, 3.8) is 0 Å². The summed E-state index contributed by atoms with van der Waals surface area (Å²) in [6.07, 6.45) is 2.24. The SMILES string of the molecule is O=C(Nc1cccc(OCc2cc(=O)n3nc(C4CC4)sc3n2)c1)c1ccccc1Cl. The minimum atomic E-state index is -0.306. The number of nitrogens with one attached hydrogen (secondary N) is 1. The monoisotopic (exact) mass is 452 g/mol. The van der Waals surface area contributed by atoms with Crippen LogP contribution < -0.4 is 15.6 Å². The molecule has 2 heterocycles. The Hall–Kier alpha value is -3.23. The Morgan fingerprint density at radius 2 is 2.03 bits per heavy atom. The molecular formula is C22H17ClN4O3S. The summed E-state index contributed by atoms with van der Waals surface area (Å²) in [6, 6.07) is 15.3. The molecule has 1 aliphatic rings. The molecule has 2 aromatic carbocycles. The molecule has 0 saturated heterocycles. The average Bonchev–Trinajstić information content (AvgIpc) is 3.52. The number of carbonyl (C=O) groups excluding carboxylic acids is 1. The predicted octanol–water partition coefficient (Wildman–Crippen LogP) is 4.51. The van der Waals surface area contributed by atoms with Crippen molar-refractivity contribution in [2.75, 3.05) is 5.32 Å². The van der Waals surface area contributed by atoms with E-state index in [0.29, 0.717) is 38.6 Å². The Balaban J connectivity index is 1.29. The number of rotatable bonds is 6. The molecule has 1 N–H and O–H groups in total. The predicted molar refractivity (Wildman–Crippen MR) is 119 cm³/mol. The van der Waals surface area contributed by atoms with E-state index in [2.05, 4.69) is 15.4 Å². The van der Waals surface area contributed by atoms with Crippen molar-refractivity contribution < 1.29 is 9.53 Å². The molecule has 0 atom stereocenters. The van der Waals surface area contributed by atoms with Gasteiger partial charge in [0.15, 0.2) is 0 Å². The van der Waals surface area contributed by atoms with Crippen molar-refractivity contribution in [1.29, 1.82) is 0 Å². The van der Waals surface area contributed by atoms with Crippen LogP contribution in [0.3, 0.4) is 0 Å². The Bertz CT molecular complexity index is 1350. The van der Waals surface area contributed by atoms with E-state index in [1.54, 1.807) is 48.5 Å². The van der Waals surface area contributed by atoms with Crippen LogP contribution in [0.5, 0.6) is 5.75 Å². The standard InChI is InChI=1S/C22H17ClN4O3S/c23-18-7-2-1-6-17(18)20(29)24-14-4-3-5-16(10-14)30-12-15-11-19(28)27-22(25-15)31-21(26-27)13-8-9-13/h1-7,10-11,13H,8-9,12H2,(H,24,29). The number of anilines is 1. The van der Waals surface area contributed by atoms with E-state index in [-0.39, 0.29) is 18.1 Å². The van der Waals surface area contributed by atoms with Gasteiger partial charge in [0, 0.05) is 23.7 Å². The zero-order valence-corrected chi connectivity index (χ0v) is 17.8. The van der Waals surface area contributed by atoms with Gasteiger partial charge in [-0.15, -0.1) is 0 Å². The lowest BCUT2D eigenvalue weighted by molar-refractivity contribution is 0.102. The third kappa shape index (κ3) is 4.30. The number of aromatic nitrogens is 3. The van der Waals surface area contributed by atoms with E-state index in [1.807, 2.05) is 0 Å². The maximum absolute atomic E-state index is 12.5. The van der Waals surface area contributed by atoms with Gasteiger partial charge >= 0.3 is 0 Å². The number of benzene rings is 2. The van der Waals surface area contributed by atoms with Gasteiger partial charge in [0.2, 0.25) is 4.96 Å². The Morgan fingerprint density at radius 3 is 2.84 bits per heavy atom. The highest BCUT2D eigenvalue weighted by atomic mass is 35.5. The second-order valence-corrected chi connectivity index (χ2v) is 8.64. The molecule has 0 radical (unpaired) electrons. The number of amides is 1. The highest BCUT2D eigenvalue weighted by Crippen LogP contribution is 2.41. The molecule has 0 spiro atoms. The van der Waals surface area contributed by atoms with E-state index in [0.717, 1.165) is 17.8 Å². The quantitative estimate of drug-likeness (QED) is 0.465. The average molecular weight is 453 g/mol.